The van der Waals surface area contributed by atoms with Gasteiger partial charge in [-0.2, -0.15) is 0 Å². The van der Waals surface area contributed by atoms with Crippen LogP contribution in [0.4, 0.5) is 24.9 Å². The van der Waals surface area contributed by atoms with Gasteiger partial charge in [0.25, 0.3) is 0 Å². The maximum atomic E-state index is 13.1. The van der Waals surface area contributed by atoms with Crippen molar-refractivity contribution in [2.24, 2.45) is 0 Å². The number of nitrogens with zero attached hydrogens (tertiary/aromatic N) is 2. The van der Waals surface area contributed by atoms with Gasteiger partial charge in [-0.1, -0.05) is 12.0 Å². The summed E-state index contributed by atoms with van der Waals surface area (Å²) in [6.45, 7) is 4.67. The van der Waals surface area contributed by atoms with Crippen LogP contribution in [0.2, 0.25) is 0 Å². The Kier molecular flexibility index (Phi) is 4.79. The van der Waals surface area contributed by atoms with Crippen molar-refractivity contribution in [3.05, 3.63) is 35.5 Å². The van der Waals surface area contributed by atoms with E-state index >= 15 is 0 Å². The van der Waals surface area contributed by atoms with Crippen LogP contribution in [0.1, 0.15) is 32.2 Å². The quantitative estimate of drug-likeness (QED) is 0.802. The molecule has 2 rings (SSSR count). The lowest BCUT2D eigenvalue weighted by atomic mass is 10.3. The second-order valence-corrected chi connectivity index (χ2v) is 4.50. The molecule has 1 aromatic heterocycles. The number of aromatic nitrogens is 2. The lowest BCUT2D eigenvalue weighted by Crippen LogP contribution is -2.19. The van der Waals surface area contributed by atoms with Gasteiger partial charge in [-0.25, -0.2) is 13.2 Å². The van der Waals surface area contributed by atoms with Crippen molar-refractivity contribution >= 4 is 11.7 Å². The van der Waals surface area contributed by atoms with E-state index in [0.717, 1.165) is 25.1 Å². The highest BCUT2D eigenvalue weighted by atomic mass is 19.2. The highest BCUT2D eigenvalue weighted by Crippen LogP contribution is 2.22. The molecule has 0 saturated carbocycles. The predicted molar refractivity (Wildman–Crippen MR) is 70.6 cm³/mol. The van der Waals surface area contributed by atoms with E-state index in [1.54, 1.807) is 0 Å². The number of halogens is 3. The van der Waals surface area contributed by atoms with E-state index in [9.17, 15) is 13.2 Å². The fraction of sp³-hybridized carbons (Fsp3) is 0.385. The first-order chi connectivity index (χ1) is 10.0. The molecular weight excluding hydrogens is 285 g/mol. The van der Waals surface area contributed by atoms with Crippen LogP contribution < -0.4 is 10.6 Å². The minimum absolute atomic E-state index is 0.0178. The molecular formula is C13H15F3N4O. The van der Waals surface area contributed by atoms with E-state index in [1.807, 2.05) is 13.8 Å². The standard InChI is InChI=1S/C13H15F3N4O/c1-3-4-17-7(2)12-19-20-13(21-12)18-8-5-9(14)11(16)10(15)6-8/h5-7,17H,3-4H2,1-2H3,(H,18,20). The average molecular weight is 300 g/mol. The molecule has 0 aliphatic carbocycles. The number of hydrogen-bond acceptors (Lipinski definition) is 5. The first kappa shape index (κ1) is 15.3. The fourth-order valence-corrected chi connectivity index (χ4v) is 1.66. The molecule has 2 N–H and O–H groups in total. The molecule has 0 amide bonds. The highest BCUT2D eigenvalue weighted by Gasteiger charge is 2.15. The van der Waals surface area contributed by atoms with Gasteiger partial charge in [-0.05, 0) is 19.9 Å². The summed E-state index contributed by atoms with van der Waals surface area (Å²) in [5, 5.41) is 13.2. The summed E-state index contributed by atoms with van der Waals surface area (Å²) < 4.78 is 44.3. The van der Waals surface area contributed by atoms with Crippen LogP contribution in [-0.4, -0.2) is 16.7 Å². The summed E-state index contributed by atoms with van der Waals surface area (Å²) in [5.41, 5.74) is -0.0178. The lowest BCUT2D eigenvalue weighted by molar-refractivity contribution is 0.424. The van der Waals surface area contributed by atoms with Gasteiger partial charge >= 0.3 is 6.01 Å². The number of rotatable bonds is 6. The summed E-state index contributed by atoms with van der Waals surface area (Å²) in [5.74, 6) is -3.77. The molecule has 1 aromatic carbocycles. The largest absolute Gasteiger partial charge is 0.406 e. The highest BCUT2D eigenvalue weighted by molar-refractivity contribution is 5.52. The lowest BCUT2D eigenvalue weighted by Gasteiger charge is -2.07. The van der Waals surface area contributed by atoms with Crippen molar-refractivity contribution in [1.82, 2.24) is 15.5 Å². The molecule has 5 nitrogen and oxygen atoms in total. The van der Waals surface area contributed by atoms with Crippen molar-refractivity contribution in [2.45, 2.75) is 26.3 Å². The third kappa shape index (κ3) is 3.72. The molecule has 8 heteroatoms. The molecule has 2 aromatic rings. The predicted octanol–water partition coefficient (Wildman–Crippen LogP) is 3.29. The van der Waals surface area contributed by atoms with Gasteiger partial charge < -0.3 is 15.1 Å². The number of benzene rings is 1. The van der Waals surface area contributed by atoms with E-state index < -0.39 is 17.5 Å². The Hall–Kier alpha value is -2.09. The SMILES string of the molecule is CCCNC(C)c1nnc(Nc2cc(F)c(F)c(F)c2)o1. The topological polar surface area (TPSA) is 63.0 Å². The van der Waals surface area contributed by atoms with Gasteiger partial charge in [0, 0.05) is 17.8 Å². The Morgan fingerprint density at radius 1 is 1.19 bits per heavy atom. The van der Waals surface area contributed by atoms with Crippen LogP contribution in [0, 0.1) is 17.5 Å². The second-order valence-electron chi connectivity index (χ2n) is 4.50. The molecule has 0 radical (unpaired) electrons. The molecule has 0 aliphatic rings. The zero-order valence-corrected chi connectivity index (χ0v) is 11.6. The molecule has 21 heavy (non-hydrogen) atoms. The number of hydrogen-bond donors (Lipinski definition) is 2. The van der Waals surface area contributed by atoms with Gasteiger partial charge in [-0.3, -0.25) is 0 Å². The van der Waals surface area contributed by atoms with E-state index in [4.69, 9.17) is 4.42 Å². The van der Waals surface area contributed by atoms with Crippen LogP contribution in [0.5, 0.6) is 0 Å². The summed E-state index contributed by atoms with van der Waals surface area (Å²) >= 11 is 0. The van der Waals surface area contributed by atoms with Crippen molar-refractivity contribution in [1.29, 1.82) is 0 Å². The second kappa shape index (κ2) is 6.57. The maximum absolute atomic E-state index is 13.1. The third-order valence-corrected chi connectivity index (χ3v) is 2.75. The minimum Gasteiger partial charge on any atom is -0.406 e. The van der Waals surface area contributed by atoms with E-state index in [0.29, 0.717) is 5.89 Å². The Labute approximate surface area is 119 Å². The smallest absolute Gasteiger partial charge is 0.320 e. The van der Waals surface area contributed by atoms with Gasteiger partial charge in [0.05, 0.1) is 6.04 Å². The van der Waals surface area contributed by atoms with Gasteiger partial charge in [0.15, 0.2) is 17.5 Å². The summed E-state index contributed by atoms with van der Waals surface area (Å²) in [4.78, 5) is 0. The van der Waals surface area contributed by atoms with Gasteiger partial charge in [-0.15, -0.1) is 5.10 Å². The van der Waals surface area contributed by atoms with Crippen molar-refractivity contribution in [3.63, 3.8) is 0 Å². The summed E-state index contributed by atoms with van der Waals surface area (Å²) in [6, 6.07) is 1.44. The fourth-order valence-electron chi connectivity index (χ4n) is 1.66. The van der Waals surface area contributed by atoms with Crippen LogP contribution in [-0.2, 0) is 0 Å². The molecule has 0 spiro atoms. The van der Waals surface area contributed by atoms with Crippen molar-refractivity contribution < 1.29 is 17.6 Å². The van der Waals surface area contributed by atoms with E-state index in [-0.39, 0.29) is 17.7 Å². The molecule has 114 valence electrons. The first-order valence-electron chi connectivity index (χ1n) is 6.49. The van der Waals surface area contributed by atoms with Crippen LogP contribution >= 0.6 is 0 Å². The van der Waals surface area contributed by atoms with Gasteiger partial charge in [0.1, 0.15) is 0 Å². The number of anilines is 2. The molecule has 1 atom stereocenters. The van der Waals surface area contributed by atoms with Crippen molar-refractivity contribution in [3.8, 4) is 0 Å². The third-order valence-electron chi connectivity index (χ3n) is 2.75. The van der Waals surface area contributed by atoms with E-state index in [1.165, 1.54) is 0 Å². The summed E-state index contributed by atoms with van der Waals surface area (Å²) in [7, 11) is 0. The first-order valence-corrected chi connectivity index (χ1v) is 6.49. The van der Waals surface area contributed by atoms with Crippen LogP contribution in [0.3, 0.4) is 0 Å². The monoisotopic (exact) mass is 300 g/mol. The Morgan fingerprint density at radius 2 is 1.86 bits per heavy atom. The molecule has 0 fully saturated rings. The molecule has 0 aliphatic heterocycles. The Balaban J connectivity index is 2.09. The molecule has 0 saturated heterocycles. The van der Waals surface area contributed by atoms with Gasteiger partial charge in [0.2, 0.25) is 5.89 Å². The Morgan fingerprint density at radius 3 is 2.48 bits per heavy atom. The zero-order valence-electron chi connectivity index (χ0n) is 11.6. The summed E-state index contributed by atoms with van der Waals surface area (Å²) in [6.07, 6.45) is 0.956. The maximum Gasteiger partial charge on any atom is 0.320 e. The normalized spacial score (nSPS) is 12.4. The van der Waals surface area contributed by atoms with Crippen LogP contribution in [0.15, 0.2) is 16.5 Å². The Bertz CT molecular complexity index is 594. The van der Waals surface area contributed by atoms with E-state index in [2.05, 4.69) is 20.8 Å². The van der Waals surface area contributed by atoms with Crippen LogP contribution in [0.25, 0.3) is 0 Å². The molecule has 1 heterocycles. The zero-order chi connectivity index (χ0) is 15.4. The molecule has 0 bridgehead atoms. The average Bonchev–Trinajstić information content (AvgIpc) is 2.90. The molecule has 1 unspecified atom stereocenters. The van der Waals surface area contributed by atoms with Crippen molar-refractivity contribution in [2.75, 3.05) is 11.9 Å². The number of nitrogens with one attached hydrogen (secondary N) is 2. The minimum atomic E-state index is -1.52.